The molecule has 0 aromatic heterocycles. The Kier molecular flexibility index (Phi) is 7.24. The van der Waals surface area contributed by atoms with Gasteiger partial charge in [0.15, 0.2) is 0 Å². The van der Waals surface area contributed by atoms with E-state index in [2.05, 4.69) is 5.32 Å². The molecule has 1 fully saturated rings. The minimum absolute atomic E-state index is 0.128. The number of nitrogens with zero attached hydrogens (tertiary/aromatic N) is 1. The molecule has 29 heavy (non-hydrogen) atoms. The first-order valence-corrected chi connectivity index (χ1v) is 11.0. The summed E-state index contributed by atoms with van der Waals surface area (Å²) in [7, 11) is -1.99. The van der Waals surface area contributed by atoms with E-state index < -0.39 is 10.0 Å². The van der Waals surface area contributed by atoms with Gasteiger partial charge in [-0.3, -0.25) is 4.79 Å². The summed E-state index contributed by atoms with van der Waals surface area (Å²) in [4.78, 5) is 12.6. The summed E-state index contributed by atoms with van der Waals surface area (Å²) in [5.41, 5.74) is 1.47. The molecule has 1 amide bonds. The Morgan fingerprint density at radius 2 is 1.90 bits per heavy atom. The molecule has 1 saturated heterocycles. The Morgan fingerprint density at radius 1 is 1.14 bits per heavy atom. The Labute approximate surface area is 171 Å². The van der Waals surface area contributed by atoms with Gasteiger partial charge >= 0.3 is 0 Å². The van der Waals surface area contributed by atoms with Gasteiger partial charge in [-0.25, -0.2) is 8.42 Å². The lowest BCUT2D eigenvalue weighted by Gasteiger charge is -2.26. The van der Waals surface area contributed by atoms with Gasteiger partial charge in [0.1, 0.15) is 5.75 Å². The predicted octanol–water partition coefficient (Wildman–Crippen LogP) is 2.08. The molecule has 0 atom stereocenters. The van der Waals surface area contributed by atoms with Gasteiger partial charge in [-0.1, -0.05) is 18.2 Å². The third-order valence-corrected chi connectivity index (χ3v) is 6.66. The standard InChI is InChI=1S/C21H26N2O5S/c1-27-19-8-2-5-17(15-19)6-4-10-22-21(24)18-7-3-9-20(16-18)29(25,26)23-11-13-28-14-12-23/h2-3,5,7-9,15-16H,4,6,10-14H2,1H3,(H,22,24). The van der Waals surface area contributed by atoms with E-state index in [4.69, 9.17) is 9.47 Å². The minimum Gasteiger partial charge on any atom is -0.497 e. The molecule has 1 N–H and O–H groups in total. The van der Waals surface area contributed by atoms with Crippen LogP contribution in [0.3, 0.4) is 0 Å². The van der Waals surface area contributed by atoms with Crippen molar-refractivity contribution in [3.8, 4) is 5.75 Å². The molecule has 8 heteroatoms. The van der Waals surface area contributed by atoms with E-state index in [9.17, 15) is 13.2 Å². The fourth-order valence-corrected chi connectivity index (χ4v) is 4.61. The highest BCUT2D eigenvalue weighted by molar-refractivity contribution is 7.89. The quantitative estimate of drug-likeness (QED) is 0.664. The van der Waals surface area contributed by atoms with Gasteiger partial charge in [0.05, 0.1) is 25.2 Å². The van der Waals surface area contributed by atoms with Crippen molar-refractivity contribution >= 4 is 15.9 Å². The second kappa shape index (κ2) is 9.87. The molecule has 7 nitrogen and oxygen atoms in total. The fourth-order valence-electron chi connectivity index (χ4n) is 3.16. The molecule has 2 aromatic rings. The van der Waals surface area contributed by atoms with Gasteiger partial charge in [0, 0.05) is 25.2 Å². The third-order valence-electron chi connectivity index (χ3n) is 4.77. The van der Waals surface area contributed by atoms with Gasteiger partial charge in [-0.2, -0.15) is 4.31 Å². The normalized spacial score (nSPS) is 15.1. The predicted molar refractivity (Wildman–Crippen MR) is 110 cm³/mol. The van der Waals surface area contributed by atoms with Crippen LogP contribution in [0.2, 0.25) is 0 Å². The molecule has 0 aliphatic carbocycles. The van der Waals surface area contributed by atoms with Crippen molar-refractivity contribution in [1.29, 1.82) is 0 Å². The number of amides is 1. The van der Waals surface area contributed by atoms with Crippen molar-refractivity contribution in [2.75, 3.05) is 40.0 Å². The average molecular weight is 419 g/mol. The number of rotatable bonds is 8. The van der Waals surface area contributed by atoms with Crippen LogP contribution in [0.4, 0.5) is 0 Å². The van der Waals surface area contributed by atoms with Crippen LogP contribution in [-0.4, -0.2) is 58.6 Å². The number of aryl methyl sites for hydroxylation is 1. The molecular weight excluding hydrogens is 392 g/mol. The number of nitrogens with one attached hydrogen (secondary N) is 1. The van der Waals surface area contributed by atoms with E-state index in [-0.39, 0.29) is 10.8 Å². The number of hydrogen-bond acceptors (Lipinski definition) is 5. The van der Waals surface area contributed by atoms with Crippen molar-refractivity contribution in [1.82, 2.24) is 9.62 Å². The van der Waals surface area contributed by atoms with Crippen LogP contribution in [0.15, 0.2) is 53.4 Å². The van der Waals surface area contributed by atoms with E-state index in [1.165, 1.54) is 16.4 Å². The van der Waals surface area contributed by atoms with E-state index in [1.54, 1.807) is 19.2 Å². The van der Waals surface area contributed by atoms with Crippen molar-refractivity contribution in [2.45, 2.75) is 17.7 Å². The molecular formula is C21H26N2O5S. The summed E-state index contributed by atoms with van der Waals surface area (Å²) in [6.07, 6.45) is 1.58. The molecule has 0 bridgehead atoms. The van der Waals surface area contributed by atoms with Crippen LogP contribution < -0.4 is 10.1 Å². The third kappa shape index (κ3) is 5.56. The highest BCUT2D eigenvalue weighted by atomic mass is 32.2. The summed E-state index contributed by atoms with van der Waals surface area (Å²) in [6, 6.07) is 14.0. The van der Waals surface area contributed by atoms with Gasteiger partial charge < -0.3 is 14.8 Å². The summed E-state index contributed by atoms with van der Waals surface area (Å²) in [5.74, 6) is 0.527. The average Bonchev–Trinajstić information content (AvgIpc) is 2.77. The second-order valence-electron chi connectivity index (χ2n) is 6.76. The maximum absolute atomic E-state index is 12.8. The Balaban J connectivity index is 1.56. The molecule has 2 aromatic carbocycles. The highest BCUT2D eigenvalue weighted by Gasteiger charge is 2.26. The van der Waals surface area contributed by atoms with Crippen molar-refractivity contribution < 1.29 is 22.7 Å². The molecule has 0 saturated carbocycles. The number of carbonyl (C=O) groups excluding carboxylic acids is 1. The van der Waals surface area contributed by atoms with Crippen LogP contribution >= 0.6 is 0 Å². The Morgan fingerprint density at radius 3 is 2.66 bits per heavy atom. The van der Waals surface area contributed by atoms with Gasteiger partial charge in [-0.05, 0) is 48.7 Å². The Bertz CT molecular complexity index is 940. The number of carbonyl (C=O) groups is 1. The SMILES string of the molecule is COc1cccc(CCCNC(=O)c2cccc(S(=O)(=O)N3CCOCC3)c2)c1. The number of hydrogen-bond donors (Lipinski definition) is 1. The zero-order valence-corrected chi connectivity index (χ0v) is 17.3. The molecule has 1 aliphatic rings. The second-order valence-corrected chi connectivity index (χ2v) is 8.69. The minimum atomic E-state index is -3.62. The lowest BCUT2D eigenvalue weighted by molar-refractivity contribution is 0.0730. The largest absolute Gasteiger partial charge is 0.497 e. The molecule has 1 heterocycles. The topological polar surface area (TPSA) is 84.9 Å². The summed E-state index contributed by atoms with van der Waals surface area (Å²) in [5, 5.41) is 2.86. The molecule has 0 unspecified atom stereocenters. The summed E-state index contributed by atoms with van der Waals surface area (Å²) in [6.45, 7) is 1.90. The maximum Gasteiger partial charge on any atom is 0.251 e. The zero-order chi connectivity index (χ0) is 20.7. The van der Waals surface area contributed by atoms with E-state index in [1.807, 2.05) is 24.3 Å². The molecule has 0 radical (unpaired) electrons. The highest BCUT2D eigenvalue weighted by Crippen LogP contribution is 2.18. The van der Waals surface area contributed by atoms with Crippen LogP contribution in [-0.2, 0) is 21.2 Å². The number of ether oxygens (including phenoxy) is 2. The van der Waals surface area contributed by atoms with Crippen molar-refractivity contribution in [3.05, 3.63) is 59.7 Å². The maximum atomic E-state index is 12.8. The number of methoxy groups -OCH3 is 1. The molecule has 3 rings (SSSR count). The van der Waals surface area contributed by atoms with Gasteiger partial charge in [0.2, 0.25) is 10.0 Å². The summed E-state index contributed by atoms with van der Waals surface area (Å²) < 4.78 is 37.3. The van der Waals surface area contributed by atoms with Gasteiger partial charge in [-0.15, -0.1) is 0 Å². The molecule has 0 spiro atoms. The zero-order valence-electron chi connectivity index (χ0n) is 16.5. The Hall–Kier alpha value is -2.42. The number of benzene rings is 2. The monoisotopic (exact) mass is 418 g/mol. The van der Waals surface area contributed by atoms with E-state index >= 15 is 0 Å². The smallest absolute Gasteiger partial charge is 0.251 e. The first-order valence-electron chi connectivity index (χ1n) is 9.60. The van der Waals surface area contributed by atoms with Crippen LogP contribution in [0.25, 0.3) is 0 Å². The van der Waals surface area contributed by atoms with Crippen molar-refractivity contribution in [2.24, 2.45) is 0 Å². The lowest BCUT2D eigenvalue weighted by Crippen LogP contribution is -2.40. The van der Waals surface area contributed by atoms with E-state index in [0.717, 1.165) is 24.2 Å². The van der Waals surface area contributed by atoms with Gasteiger partial charge in [0.25, 0.3) is 5.91 Å². The number of sulfonamides is 1. The van der Waals surface area contributed by atoms with Crippen LogP contribution in [0.5, 0.6) is 5.75 Å². The number of morpholine rings is 1. The lowest BCUT2D eigenvalue weighted by atomic mass is 10.1. The first kappa shape index (κ1) is 21.3. The van der Waals surface area contributed by atoms with Crippen LogP contribution in [0, 0.1) is 0 Å². The first-order chi connectivity index (χ1) is 14.0. The molecule has 156 valence electrons. The van der Waals surface area contributed by atoms with E-state index in [0.29, 0.717) is 38.4 Å². The molecule has 1 aliphatic heterocycles. The van der Waals surface area contributed by atoms with Crippen molar-refractivity contribution in [3.63, 3.8) is 0 Å². The summed E-state index contributed by atoms with van der Waals surface area (Å²) >= 11 is 0. The fraction of sp³-hybridized carbons (Fsp3) is 0.381. The van der Waals surface area contributed by atoms with Crippen LogP contribution in [0.1, 0.15) is 22.3 Å².